The monoisotopic (exact) mass is 399 g/mol. The normalized spacial score (nSPS) is 16.7. The van der Waals surface area contributed by atoms with E-state index in [4.69, 9.17) is 18.9 Å². The molecule has 0 atom stereocenters. The molecule has 0 N–H and O–H groups in total. The molecule has 2 aliphatic heterocycles. The zero-order chi connectivity index (χ0) is 15.6. The van der Waals surface area contributed by atoms with Crippen molar-refractivity contribution in [1.82, 2.24) is 8.75 Å². The van der Waals surface area contributed by atoms with Crippen LogP contribution in [-0.2, 0) is 11.3 Å². The molecule has 2 aromatic rings. The molecule has 1 aromatic carbocycles. The van der Waals surface area contributed by atoms with Gasteiger partial charge in [-0.1, -0.05) is 15.9 Å². The fourth-order valence-electron chi connectivity index (χ4n) is 2.45. The molecule has 1 aromatic heterocycles. The van der Waals surface area contributed by atoms with E-state index in [0.717, 1.165) is 52.2 Å². The van der Waals surface area contributed by atoms with Crippen molar-refractivity contribution in [1.29, 1.82) is 0 Å². The minimum Gasteiger partial charge on any atom is -0.469 e. The van der Waals surface area contributed by atoms with Crippen LogP contribution in [0.3, 0.4) is 0 Å². The summed E-state index contributed by atoms with van der Waals surface area (Å²) in [5.74, 6) is 2.82. The molecule has 4 rings (SSSR count). The van der Waals surface area contributed by atoms with Gasteiger partial charge in [0, 0.05) is 23.1 Å². The molecule has 0 radical (unpaired) electrons. The smallest absolute Gasteiger partial charge is 0.271 e. The topological polar surface area (TPSA) is 65.9 Å². The number of anilines is 1. The van der Waals surface area contributed by atoms with E-state index >= 15 is 0 Å². The highest BCUT2D eigenvalue weighted by Gasteiger charge is 2.21. The fraction of sp³-hybridized carbons (Fsp3) is 0.429. The van der Waals surface area contributed by atoms with Gasteiger partial charge < -0.3 is 23.8 Å². The highest BCUT2D eigenvalue weighted by atomic mass is 79.9. The van der Waals surface area contributed by atoms with Crippen LogP contribution in [0.25, 0.3) is 0 Å². The van der Waals surface area contributed by atoms with Crippen LogP contribution in [0.4, 0.5) is 5.82 Å². The molecule has 1 saturated heterocycles. The van der Waals surface area contributed by atoms with Crippen LogP contribution in [0.15, 0.2) is 16.6 Å². The summed E-state index contributed by atoms with van der Waals surface area (Å²) >= 11 is 4.69. The van der Waals surface area contributed by atoms with Gasteiger partial charge in [0.05, 0.1) is 24.9 Å². The Morgan fingerprint density at radius 3 is 2.78 bits per heavy atom. The highest BCUT2D eigenvalue weighted by Crippen LogP contribution is 2.37. The average Bonchev–Trinajstić information content (AvgIpc) is 3.22. The molecule has 9 heteroatoms. The van der Waals surface area contributed by atoms with Gasteiger partial charge >= 0.3 is 0 Å². The number of aromatic nitrogens is 2. The third kappa shape index (κ3) is 3.08. The maximum Gasteiger partial charge on any atom is 0.271 e. The molecule has 0 unspecified atom stereocenters. The van der Waals surface area contributed by atoms with E-state index in [2.05, 4.69) is 29.6 Å². The summed E-state index contributed by atoms with van der Waals surface area (Å²) in [5, 5.41) is 0. The molecule has 0 aliphatic carbocycles. The highest BCUT2D eigenvalue weighted by molar-refractivity contribution is 9.10. The number of hydrogen-bond acceptors (Lipinski definition) is 8. The van der Waals surface area contributed by atoms with Crippen LogP contribution in [0.2, 0.25) is 0 Å². The first-order valence-corrected chi connectivity index (χ1v) is 8.69. The lowest BCUT2D eigenvalue weighted by Crippen LogP contribution is -2.36. The second-order valence-corrected chi connectivity index (χ2v) is 6.46. The molecule has 7 nitrogen and oxygen atoms in total. The lowest BCUT2D eigenvalue weighted by molar-refractivity contribution is 0.122. The zero-order valence-electron chi connectivity index (χ0n) is 12.2. The van der Waals surface area contributed by atoms with Gasteiger partial charge in [-0.05, 0) is 12.1 Å². The maximum atomic E-state index is 5.88. The third-order valence-electron chi connectivity index (χ3n) is 3.66. The number of ether oxygens (including phenoxy) is 4. The first-order valence-electron chi connectivity index (χ1n) is 7.17. The second kappa shape index (κ2) is 6.50. The molecule has 23 heavy (non-hydrogen) atoms. The van der Waals surface area contributed by atoms with E-state index in [1.165, 1.54) is 0 Å². The van der Waals surface area contributed by atoms with Gasteiger partial charge in [-0.15, -0.1) is 4.37 Å². The maximum absolute atomic E-state index is 5.88. The second-order valence-electron chi connectivity index (χ2n) is 5.08. The van der Waals surface area contributed by atoms with Crippen molar-refractivity contribution in [2.24, 2.45) is 0 Å². The standard InChI is InChI=1S/C14H14BrN3O4S/c15-10-6-12-11(21-8-22-12)5-9(10)7-20-14-13(16-23-17-14)18-1-3-19-4-2-18/h5-6H,1-4,7-8H2. The van der Waals surface area contributed by atoms with E-state index in [1.54, 1.807) is 0 Å². The van der Waals surface area contributed by atoms with Gasteiger partial charge in [0.25, 0.3) is 5.88 Å². The van der Waals surface area contributed by atoms with Crippen molar-refractivity contribution in [2.75, 3.05) is 38.0 Å². The Kier molecular flexibility index (Phi) is 4.23. The van der Waals surface area contributed by atoms with E-state index in [9.17, 15) is 0 Å². The quantitative estimate of drug-likeness (QED) is 0.781. The Morgan fingerprint density at radius 1 is 1.17 bits per heavy atom. The summed E-state index contributed by atoms with van der Waals surface area (Å²) in [6, 6.07) is 3.81. The Labute approximate surface area is 145 Å². The van der Waals surface area contributed by atoms with E-state index in [0.29, 0.717) is 25.7 Å². The molecule has 1 fully saturated rings. The van der Waals surface area contributed by atoms with Crippen LogP contribution in [0, 0.1) is 0 Å². The summed E-state index contributed by atoms with van der Waals surface area (Å²) in [7, 11) is 0. The lowest BCUT2D eigenvalue weighted by Gasteiger charge is -2.26. The molecule has 0 amide bonds. The van der Waals surface area contributed by atoms with Crippen molar-refractivity contribution in [3.05, 3.63) is 22.2 Å². The number of benzene rings is 1. The zero-order valence-corrected chi connectivity index (χ0v) is 14.6. The molecular weight excluding hydrogens is 386 g/mol. The van der Waals surface area contributed by atoms with Gasteiger partial charge in [-0.25, -0.2) is 0 Å². The largest absolute Gasteiger partial charge is 0.469 e. The minimum absolute atomic E-state index is 0.253. The van der Waals surface area contributed by atoms with Crippen molar-refractivity contribution < 1.29 is 18.9 Å². The molecule has 0 bridgehead atoms. The lowest BCUT2D eigenvalue weighted by atomic mass is 10.2. The molecule has 2 aliphatic rings. The Morgan fingerprint density at radius 2 is 1.96 bits per heavy atom. The predicted octanol–water partition coefficient (Wildman–Crippen LogP) is 2.44. The number of fused-ring (bicyclic) bond motifs is 1. The summed E-state index contributed by atoms with van der Waals surface area (Å²) in [4.78, 5) is 2.14. The van der Waals surface area contributed by atoms with Crippen LogP contribution < -0.4 is 19.1 Å². The molecular formula is C14H14BrN3O4S. The minimum atomic E-state index is 0.253. The van der Waals surface area contributed by atoms with E-state index in [-0.39, 0.29) is 6.79 Å². The van der Waals surface area contributed by atoms with Gasteiger partial charge in [0.2, 0.25) is 12.6 Å². The first-order chi connectivity index (χ1) is 11.3. The summed E-state index contributed by atoms with van der Waals surface area (Å²) in [5.41, 5.74) is 0.968. The number of halogens is 1. The van der Waals surface area contributed by atoms with Crippen molar-refractivity contribution >= 4 is 33.5 Å². The molecule has 0 spiro atoms. The number of nitrogens with zero attached hydrogens (tertiary/aromatic N) is 3. The van der Waals surface area contributed by atoms with Crippen molar-refractivity contribution in [3.63, 3.8) is 0 Å². The molecule has 3 heterocycles. The Balaban J connectivity index is 1.48. The van der Waals surface area contributed by atoms with Crippen LogP contribution in [0.5, 0.6) is 17.4 Å². The number of morpholine rings is 1. The van der Waals surface area contributed by atoms with Crippen molar-refractivity contribution in [2.45, 2.75) is 6.61 Å². The molecule has 0 saturated carbocycles. The third-order valence-corrected chi connectivity index (χ3v) is 4.90. The van der Waals surface area contributed by atoms with E-state index in [1.807, 2.05) is 12.1 Å². The predicted molar refractivity (Wildman–Crippen MR) is 87.5 cm³/mol. The van der Waals surface area contributed by atoms with Gasteiger partial charge in [-0.2, -0.15) is 4.37 Å². The summed E-state index contributed by atoms with van der Waals surface area (Å²) in [6.45, 7) is 3.63. The van der Waals surface area contributed by atoms with E-state index < -0.39 is 0 Å². The van der Waals surface area contributed by atoms with Gasteiger partial charge in [-0.3, -0.25) is 0 Å². The number of rotatable bonds is 4. The van der Waals surface area contributed by atoms with Crippen molar-refractivity contribution in [3.8, 4) is 17.4 Å². The van der Waals surface area contributed by atoms with Gasteiger partial charge in [0.15, 0.2) is 11.5 Å². The average molecular weight is 400 g/mol. The fourth-order valence-corrected chi connectivity index (χ4v) is 3.41. The SMILES string of the molecule is Brc1cc2c(cc1COc1nsnc1N1CCOCC1)OCO2. The summed E-state index contributed by atoms with van der Waals surface area (Å²) < 4.78 is 31.5. The number of hydrogen-bond donors (Lipinski definition) is 0. The molecule has 122 valence electrons. The van der Waals surface area contributed by atoms with Crippen LogP contribution in [-0.4, -0.2) is 41.8 Å². The Bertz CT molecular complexity index is 705. The first kappa shape index (κ1) is 15.0. The van der Waals surface area contributed by atoms with Crippen LogP contribution in [0.1, 0.15) is 5.56 Å². The Hall–Kier alpha value is -1.58. The van der Waals surface area contributed by atoms with Gasteiger partial charge in [0.1, 0.15) is 6.61 Å². The van der Waals surface area contributed by atoms with Crippen LogP contribution >= 0.6 is 27.7 Å². The summed E-state index contributed by atoms with van der Waals surface area (Å²) in [6.07, 6.45) is 0.